The van der Waals surface area contributed by atoms with Crippen molar-refractivity contribution in [2.24, 2.45) is 10.7 Å². The van der Waals surface area contributed by atoms with Crippen molar-refractivity contribution in [3.63, 3.8) is 0 Å². The van der Waals surface area contributed by atoms with Crippen molar-refractivity contribution < 1.29 is 0 Å². The van der Waals surface area contributed by atoms with Crippen LogP contribution in [0.3, 0.4) is 0 Å². The lowest BCUT2D eigenvalue weighted by Gasteiger charge is -2.10. The Hall–Kier alpha value is -2.35. The van der Waals surface area contributed by atoms with Crippen LogP contribution in [0.15, 0.2) is 59.6 Å². The summed E-state index contributed by atoms with van der Waals surface area (Å²) in [6.07, 6.45) is 1.97. The quantitative estimate of drug-likeness (QED) is 0.827. The van der Waals surface area contributed by atoms with Crippen molar-refractivity contribution >= 4 is 11.4 Å². The zero-order chi connectivity index (χ0) is 13.2. The van der Waals surface area contributed by atoms with Crippen molar-refractivity contribution in [3.05, 3.63) is 76.9 Å². The molecule has 3 rings (SSSR count). The van der Waals surface area contributed by atoms with E-state index in [9.17, 15) is 0 Å². The Bertz CT molecular complexity index is 664. The maximum Gasteiger partial charge on any atom is 0.0729 e. The van der Waals surface area contributed by atoms with E-state index in [1.165, 1.54) is 5.56 Å². The number of hydrogen-bond donors (Lipinski definition) is 1. The van der Waals surface area contributed by atoms with Gasteiger partial charge in [0.05, 0.1) is 12.3 Å². The molecule has 1 heterocycles. The number of hydrogen-bond acceptors (Lipinski definition) is 2. The summed E-state index contributed by atoms with van der Waals surface area (Å²) >= 11 is 0. The molecule has 2 aromatic carbocycles. The minimum absolute atomic E-state index is 0.629. The largest absolute Gasteiger partial charge is 0.398 e. The molecule has 0 spiro atoms. The Morgan fingerprint density at radius 2 is 1.63 bits per heavy atom. The lowest BCUT2D eigenvalue weighted by atomic mass is 9.96. The van der Waals surface area contributed by atoms with Gasteiger partial charge in [-0.15, -0.1) is 0 Å². The number of rotatable bonds is 1. The van der Waals surface area contributed by atoms with Crippen LogP contribution in [0.4, 0.5) is 0 Å². The average molecular weight is 248 g/mol. The highest BCUT2D eigenvalue weighted by Crippen LogP contribution is 2.22. The second kappa shape index (κ2) is 4.73. The van der Waals surface area contributed by atoms with Gasteiger partial charge in [-0.3, -0.25) is 4.99 Å². The van der Waals surface area contributed by atoms with Gasteiger partial charge in [0, 0.05) is 22.4 Å². The van der Waals surface area contributed by atoms with Crippen molar-refractivity contribution in [2.75, 3.05) is 6.54 Å². The Balaban J connectivity index is 2.16. The van der Waals surface area contributed by atoms with E-state index in [1.54, 1.807) is 0 Å². The molecule has 0 fully saturated rings. The molecule has 2 heteroatoms. The smallest absolute Gasteiger partial charge is 0.0729 e. The summed E-state index contributed by atoms with van der Waals surface area (Å²) in [4.78, 5) is 4.68. The molecule has 0 atom stereocenters. The lowest BCUT2D eigenvalue weighted by molar-refractivity contribution is 1.24. The van der Waals surface area contributed by atoms with Crippen LogP contribution >= 0.6 is 0 Å². The van der Waals surface area contributed by atoms with Crippen LogP contribution in [0, 0.1) is 6.92 Å². The second-order valence-corrected chi connectivity index (χ2v) is 4.76. The summed E-state index contributed by atoms with van der Waals surface area (Å²) in [5, 5.41) is 0. The molecule has 0 bridgehead atoms. The summed E-state index contributed by atoms with van der Waals surface area (Å²) in [5.74, 6) is 0. The highest BCUT2D eigenvalue weighted by Gasteiger charge is 2.14. The summed E-state index contributed by atoms with van der Waals surface area (Å²) in [5.41, 5.74) is 12.5. The first-order chi connectivity index (χ1) is 9.25. The van der Waals surface area contributed by atoms with Gasteiger partial charge in [0.1, 0.15) is 0 Å². The van der Waals surface area contributed by atoms with Crippen molar-refractivity contribution in [1.82, 2.24) is 0 Å². The van der Waals surface area contributed by atoms with Gasteiger partial charge in [0.15, 0.2) is 0 Å². The molecule has 0 aliphatic carbocycles. The Kier molecular flexibility index (Phi) is 2.92. The van der Waals surface area contributed by atoms with Gasteiger partial charge in [-0.2, -0.15) is 0 Å². The van der Waals surface area contributed by atoms with Crippen molar-refractivity contribution in [3.8, 4) is 0 Å². The van der Waals surface area contributed by atoms with Gasteiger partial charge in [-0.25, -0.2) is 0 Å². The summed E-state index contributed by atoms with van der Waals surface area (Å²) in [6, 6.07) is 16.6. The molecular formula is C17H16N2. The highest BCUT2D eigenvalue weighted by atomic mass is 14.8. The highest BCUT2D eigenvalue weighted by molar-refractivity contribution is 6.15. The van der Waals surface area contributed by atoms with E-state index in [4.69, 9.17) is 5.73 Å². The van der Waals surface area contributed by atoms with E-state index in [2.05, 4.69) is 48.3 Å². The van der Waals surface area contributed by atoms with E-state index in [-0.39, 0.29) is 0 Å². The predicted octanol–water partition coefficient (Wildman–Crippen LogP) is 3.15. The van der Waals surface area contributed by atoms with Crippen LogP contribution in [-0.2, 0) is 0 Å². The Labute approximate surface area is 113 Å². The zero-order valence-electron chi connectivity index (χ0n) is 10.9. The fourth-order valence-electron chi connectivity index (χ4n) is 2.33. The van der Waals surface area contributed by atoms with Gasteiger partial charge in [0.2, 0.25) is 0 Å². The van der Waals surface area contributed by atoms with E-state index >= 15 is 0 Å². The third-order valence-corrected chi connectivity index (χ3v) is 3.38. The zero-order valence-corrected chi connectivity index (χ0v) is 10.9. The van der Waals surface area contributed by atoms with Gasteiger partial charge in [-0.1, -0.05) is 54.1 Å². The maximum atomic E-state index is 6.10. The molecule has 0 amide bonds. The Morgan fingerprint density at radius 3 is 2.37 bits per heavy atom. The normalized spacial score (nSPS) is 14.2. The summed E-state index contributed by atoms with van der Waals surface area (Å²) < 4.78 is 0. The maximum absolute atomic E-state index is 6.10. The number of aryl methyl sites for hydroxylation is 1. The van der Waals surface area contributed by atoms with Gasteiger partial charge >= 0.3 is 0 Å². The van der Waals surface area contributed by atoms with Crippen LogP contribution in [0.25, 0.3) is 5.70 Å². The molecule has 1 aliphatic rings. The molecule has 94 valence electrons. The van der Waals surface area contributed by atoms with Crippen LogP contribution < -0.4 is 5.73 Å². The molecule has 0 radical (unpaired) electrons. The van der Waals surface area contributed by atoms with Gasteiger partial charge in [-0.05, 0) is 13.0 Å². The average Bonchev–Trinajstić information content (AvgIpc) is 2.60. The van der Waals surface area contributed by atoms with Crippen LogP contribution in [0.5, 0.6) is 0 Å². The third kappa shape index (κ3) is 2.17. The van der Waals surface area contributed by atoms with Crippen LogP contribution in [0.2, 0.25) is 0 Å². The number of aliphatic imine (C=N–C) groups is 1. The number of benzene rings is 2. The fraction of sp³-hybridized carbons (Fsp3) is 0.118. The lowest BCUT2D eigenvalue weighted by Crippen LogP contribution is -2.07. The van der Waals surface area contributed by atoms with Crippen molar-refractivity contribution in [1.29, 1.82) is 0 Å². The predicted molar refractivity (Wildman–Crippen MR) is 80.3 cm³/mol. The summed E-state index contributed by atoms with van der Waals surface area (Å²) in [6.45, 7) is 2.72. The molecule has 0 saturated heterocycles. The van der Waals surface area contributed by atoms with Gasteiger partial charge < -0.3 is 5.73 Å². The molecule has 2 aromatic rings. The first-order valence-corrected chi connectivity index (χ1v) is 6.42. The molecule has 2 nitrogen and oxygen atoms in total. The van der Waals surface area contributed by atoms with E-state index < -0.39 is 0 Å². The number of nitrogens with zero attached hydrogens (tertiary/aromatic N) is 1. The molecule has 0 unspecified atom stereocenters. The molecule has 0 aromatic heterocycles. The summed E-state index contributed by atoms with van der Waals surface area (Å²) in [7, 11) is 0. The topological polar surface area (TPSA) is 38.4 Å². The van der Waals surface area contributed by atoms with E-state index in [0.717, 1.165) is 28.1 Å². The molecule has 19 heavy (non-hydrogen) atoms. The minimum atomic E-state index is 0.629. The standard InChI is InChI=1S/C17H16N2/c1-12-6-8-13(9-7-12)17-15-5-3-2-4-14(15)16(18)10-11-19-17/h2-10H,11,18H2,1H3. The number of fused-ring (bicyclic) bond motifs is 1. The number of nitrogens with two attached hydrogens (primary N) is 1. The third-order valence-electron chi connectivity index (χ3n) is 3.38. The Morgan fingerprint density at radius 1 is 0.947 bits per heavy atom. The molecular weight excluding hydrogens is 232 g/mol. The van der Waals surface area contributed by atoms with Crippen LogP contribution in [0.1, 0.15) is 22.3 Å². The first kappa shape index (κ1) is 11.7. The van der Waals surface area contributed by atoms with Crippen molar-refractivity contribution in [2.45, 2.75) is 6.92 Å². The van der Waals surface area contributed by atoms with E-state index in [1.807, 2.05) is 18.2 Å². The fourth-order valence-corrected chi connectivity index (χ4v) is 2.33. The molecule has 2 N–H and O–H groups in total. The SMILES string of the molecule is Cc1ccc(C2=NCC=C(N)c3ccccc32)cc1. The molecule has 0 saturated carbocycles. The first-order valence-electron chi connectivity index (χ1n) is 6.42. The molecule has 1 aliphatic heterocycles. The second-order valence-electron chi connectivity index (χ2n) is 4.76. The minimum Gasteiger partial charge on any atom is -0.398 e. The monoisotopic (exact) mass is 248 g/mol. The van der Waals surface area contributed by atoms with Crippen LogP contribution in [-0.4, -0.2) is 12.3 Å². The van der Waals surface area contributed by atoms with Gasteiger partial charge in [0.25, 0.3) is 0 Å². The van der Waals surface area contributed by atoms with E-state index in [0.29, 0.717) is 6.54 Å².